The van der Waals surface area contributed by atoms with E-state index in [0.29, 0.717) is 5.16 Å². The summed E-state index contributed by atoms with van der Waals surface area (Å²) in [5, 5.41) is 21.3. The molecule has 1 aliphatic heterocycles. The van der Waals surface area contributed by atoms with Crippen LogP contribution >= 0.6 is 11.8 Å². The fourth-order valence-corrected chi connectivity index (χ4v) is 2.82. The number of aromatic nitrogens is 2. The number of nitroso groups, excluding NO2 is 1. The SMILES string of the molecule is CC1(C)Sc2nc(C#N)c(C#N)n2C1N=O. The second kappa shape index (κ2) is 3.32. The zero-order valence-corrected chi connectivity index (χ0v) is 9.45. The molecule has 1 unspecified atom stereocenters. The van der Waals surface area contributed by atoms with E-state index in [1.54, 1.807) is 0 Å². The molecule has 16 heavy (non-hydrogen) atoms. The topological polar surface area (TPSA) is 94.8 Å². The highest BCUT2D eigenvalue weighted by Gasteiger charge is 2.44. The first-order valence-electron chi connectivity index (χ1n) is 4.49. The Morgan fingerprint density at radius 1 is 1.50 bits per heavy atom. The average Bonchev–Trinajstić information content (AvgIpc) is 2.67. The first-order chi connectivity index (χ1) is 7.55. The fraction of sp³-hybridized carbons (Fsp3) is 0.444. The van der Waals surface area contributed by atoms with Crippen molar-refractivity contribution in [1.82, 2.24) is 9.55 Å². The van der Waals surface area contributed by atoms with Gasteiger partial charge in [-0.1, -0.05) is 11.8 Å². The summed E-state index contributed by atoms with van der Waals surface area (Å²) in [7, 11) is 0. The third-order valence-electron chi connectivity index (χ3n) is 2.41. The van der Waals surface area contributed by atoms with Crippen LogP contribution in [0, 0.1) is 27.6 Å². The highest BCUT2D eigenvalue weighted by atomic mass is 32.2. The summed E-state index contributed by atoms with van der Waals surface area (Å²) in [6, 6.07) is 3.73. The Hall–Kier alpha value is -1.86. The van der Waals surface area contributed by atoms with E-state index in [-0.39, 0.29) is 11.4 Å². The molecule has 2 heterocycles. The maximum Gasteiger partial charge on any atom is 0.184 e. The lowest BCUT2D eigenvalue weighted by atomic mass is 10.1. The van der Waals surface area contributed by atoms with Gasteiger partial charge in [-0.3, -0.25) is 4.57 Å². The van der Waals surface area contributed by atoms with E-state index in [0.717, 1.165) is 0 Å². The summed E-state index contributed by atoms with van der Waals surface area (Å²) < 4.78 is 1.000. The third-order valence-corrected chi connectivity index (χ3v) is 3.62. The van der Waals surface area contributed by atoms with Crippen molar-refractivity contribution in [2.24, 2.45) is 5.18 Å². The largest absolute Gasteiger partial charge is 0.281 e. The van der Waals surface area contributed by atoms with Crippen molar-refractivity contribution < 1.29 is 0 Å². The summed E-state index contributed by atoms with van der Waals surface area (Å²) in [5.74, 6) is 0. The summed E-state index contributed by atoms with van der Waals surface area (Å²) in [6.45, 7) is 3.71. The molecule has 0 amide bonds. The molecular formula is C9H7N5OS. The smallest absolute Gasteiger partial charge is 0.184 e. The van der Waals surface area contributed by atoms with Gasteiger partial charge in [-0.05, 0) is 19.0 Å². The van der Waals surface area contributed by atoms with Gasteiger partial charge in [0, 0.05) is 0 Å². The minimum Gasteiger partial charge on any atom is -0.281 e. The van der Waals surface area contributed by atoms with Gasteiger partial charge in [-0.25, -0.2) is 4.98 Å². The monoisotopic (exact) mass is 233 g/mol. The van der Waals surface area contributed by atoms with Crippen LogP contribution in [0.4, 0.5) is 0 Å². The second-order valence-electron chi connectivity index (χ2n) is 3.87. The quantitative estimate of drug-likeness (QED) is 0.689. The van der Waals surface area contributed by atoms with E-state index in [2.05, 4.69) is 10.2 Å². The molecule has 0 saturated heterocycles. The number of rotatable bonds is 1. The minimum absolute atomic E-state index is 0.0501. The molecule has 2 rings (SSSR count). The molecule has 1 atom stereocenters. The summed E-state index contributed by atoms with van der Waals surface area (Å²) in [6.07, 6.45) is -0.697. The Morgan fingerprint density at radius 2 is 2.19 bits per heavy atom. The third kappa shape index (κ3) is 1.22. The van der Waals surface area contributed by atoms with E-state index in [1.807, 2.05) is 26.0 Å². The summed E-state index contributed by atoms with van der Waals surface area (Å²) >= 11 is 1.35. The molecule has 0 aromatic carbocycles. The van der Waals surface area contributed by atoms with Crippen LogP contribution in [-0.2, 0) is 0 Å². The standard InChI is InChI=1S/C9H7N5OS/c1-9(2)7(13-15)14-6(4-11)5(3-10)12-8(14)16-9/h7H,1-2H3. The van der Waals surface area contributed by atoms with Gasteiger partial charge in [0.15, 0.2) is 22.7 Å². The van der Waals surface area contributed by atoms with Crippen LogP contribution in [0.3, 0.4) is 0 Å². The van der Waals surface area contributed by atoms with Gasteiger partial charge in [0.1, 0.15) is 12.1 Å². The van der Waals surface area contributed by atoms with Crippen LogP contribution in [-0.4, -0.2) is 14.3 Å². The molecule has 0 fully saturated rings. The van der Waals surface area contributed by atoms with Crippen LogP contribution in [0.15, 0.2) is 10.3 Å². The predicted octanol–water partition coefficient (Wildman–Crippen LogP) is 1.78. The number of thioether (sulfide) groups is 1. The average molecular weight is 233 g/mol. The van der Waals surface area contributed by atoms with Crippen LogP contribution in [0.5, 0.6) is 0 Å². The van der Waals surface area contributed by atoms with Crippen molar-refractivity contribution in [1.29, 1.82) is 10.5 Å². The van der Waals surface area contributed by atoms with E-state index in [4.69, 9.17) is 10.5 Å². The van der Waals surface area contributed by atoms with Gasteiger partial charge in [0.05, 0.1) is 4.75 Å². The first-order valence-corrected chi connectivity index (χ1v) is 5.30. The highest BCUT2D eigenvalue weighted by molar-refractivity contribution is 8.00. The van der Waals surface area contributed by atoms with Crippen LogP contribution < -0.4 is 0 Å². The summed E-state index contributed by atoms with van der Waals surface area (Å²) in [5.41, 5.74) is 0.161. The van der Waals surface area contributed by atoms with Crippen LogP contribution in [0.2, 0.25) is 0 Å². The Balaban J connectivity index is 2.68. The number of hydrogen-bond donors (Lipinski definition) is 0. The normalized spacial score (nSPS) is 20.9. The molecule has 0 saturated carbocycles. The number of imidazole rings is 1. The fourth-order valence-electron chi connectivity index (χ4n) is 1.67. The molecule has 0 radical (unpaired) electrons. The van der Waals surface area contributed by atoms with E-state index >= 15 is 0 Å². The van der Waals surface area contributed by atoms with E-state index in [1.165, 1.54) is 16.3 Å². The van der Waals surface area contributed by atoms with Gasteiger partial charge < -0.3 is 0 Å². The zero-order chi connectivity index (χ0) is 11.9. The number of hydrogen-bond acceptors (Lipinski definition) is 6. The van der Waals surface area contributed by atoms with Gasteiger partial charge >= 0.3 is 0 Å². The number of nitriles is 2. The lowest BCUT2D eigenvalue weighted by Crippen LogP contribution is -2.23. The molecule has 0 spiro atoms. The van der Waals surface area contributed by atoms with Crippen molar-refractivity contribution in [3.05, 3.63) is 16.3 Å². The Labute approximate surface area is 95.9 Å². The Kier molecular flexibility index (Phi) is 2.21. The van der Waals surface area contributed by atoms with Crippen LogP contribution in [0.25, 0.3) is 0 Å². The predicted molar refractivity (Wildman–Crippen MR) is 56.4 cm³/mol. The number of nitrogens with zero attached hydrogens (tertiary/aromatic N) is 5. The van der Waals surface area contributed by atoms with Gasteiger partial charge in [-0.2, -0.15) is 10.5 Å². The zero-order valence-electron chi connectivity index (χ0n) is 8.63. The Morgan fingerprint density at radius 3 is 2.69 bits per heavy atom. The lowest BCUT2D eigenvalue weighted by Gasteiger charge is -2.19. The molecule has 1 aliphatic rings. The van der Waals surface area contributed by atoms with Crippen molar-refractivity contribution in [2.75, 3.05) is 0 Å². The van der Waals surface area contributed by atoms with Gasteiger partial charge in [0.2, 0.25) is 0 Å². The van der Waals surface area contributed by atoms with Gasteiger partial charge in [0.25, 0.3) is 0 Å². The molecule has 1 aromatic rings. The van der Waals surface area contributed by atoms with Crippen molar-refractivity contribution in [3.8, 4) is 12.1 Å². The molecule has 7 heteroatoms. The van der Waals surface area contributed by atoms with E-state index < -0.39 is 10.9 Å². The first kappa shape index (κ1) is 10.7. The van der Waals surface area contributed by atoms with Crippen molar-refractivity contribution >= 4 is 11.8 Å². The highest BCUT2D eigenvalue weighted by Crippen LogP contribution is 2.49. The molecule has 1 aromatic heterocycles. The molecule has 0 aliphatic carbocycles. The molecular weight excluding hydrogens is 226 g/mol. The maximum absolute atomic E-state index is 10.8. The minimum atomic E-state index is -0.697. The van der Waals surface area contributed by atoms with E-state index in [9.17, 15) is 4.91 Å². The maximum atomic E-state index is 10.8. The Bertz CT molecular complexity index is 547. The molecule has 80 valence electrons. The lowest BCUT2D eigenvalue weighted by molar-refractivity contribution is 0.424. The van der Waals surface area contributed by atoms with Crippen molar-refractivity contribution in [2.45, 2.75) is 29.9 Å². The van der Waals surface area contributed by atoms with Gasteiger partial charge in [-0.15, -0.1) is 4.91 Å². The molecule has 0 bridgehead atoms. The molecule has 0 N–H and O–H groups in total. The molecule has 6 nitrogen and oxygen atoms in total. The van der Waals surface area contributed by atoms with Crippen molar-refractivity contribution in [3.63, 3.8) is 0 Å². The summed E-state index contributed by atoms with van der Waals surface area (Å²) in [4.78, 5) is 14.9. The van der Waals surface area contributed by atoms with Crippen LogP contribution in [0.1, 0.15) is 31.4 Å². The number of fused-ring (bicyclic) bond motifs is 1. The second-order valence-corrected chi connectivity index (χ2v) is 5.49.